The Morgan fingerprint density at radius 3 is 2.83 bits per heavy atom. The summed E-state index contributed by atoms with van der Waals surface area (Å²) < 4.78 is 2.92. The Labute approximate surface area is 112 Å². The second kappa shape index (κ2) is 4.28. The summed E-state index contributed by atoms with van der Waals surface area (Å²) in [6.07, 6.45) is 1.92. The molecule has 0 aliphatic carbocycles. The fraction of sp³-hybridized carbons (Fsp3) is 0. The molecule has 86 valence electrons. The van der Waals surface area contributed by atoms with Crippen molar-refractivity contribution >= 4 is 21.4 Å². The normalized spacial score (nSPS) is 10.4. The van der Waals surface area contributed by atoms with E-state index in [1.54, 1.807) is 0 Å². The van der Waals surface area contributed by atoms with E-state index in [2.05, 4.69) is 27.0 Å². The minimum absolute atomic E-state index is 0.450. The average molecular weight is 298 g/mol. The summed E-state index contributed by atoms with van der Waals surface area (Å²) in [5.74, 6) is 0.781. The van der Waals surface area contributed by atoms with Crippen LogP contribution in [-0.4, -0.2) is 9.38 Å². The number of pyridine rings is 1. The monoisotopic (exact) mass is 297 g/mol. The Hall–Kier alpha value is -2.12. The summed E-state index contributed by atoms with van der Waals surface area (Å²) in [6, 6.07) is 15.7. The molecule has 0 aliphatic rings. The molecule has 2 aromatic heterocycles. The molecule has 0 unspecified atom stereocenters. The van der Waals surface area contributed by atoms with Crippen molar-refractivity contribution < 1.29 is 0 Å². The predicted molar refractivity (Wildman–Crippen MR) is 73.0 cm³/mol. The number of rotatable bonds is 1. The smallest absolute Gasteiger partial charge is 0.166 e. The van der Waals surface area contributed by atoms with E-state index < -0.39 is 0 Å². The Kier molecular flexibility index (Phi) is 2.62. The average Bonchev–Trinajstić information content (AvgIpc) is 2.77. The topological polar surface area (TPSA) is 41.1 Å². The maximum atomic E-state index is 9.12. The minimum atomic E-state index is 0.450. The number of nitriles is 1. The highest BCUT2D eigenvalue weighted by molar-refractivity contribution is 9.10. The number of halogens is 1. The number of hydrogen-bond acceptors (Lipinski definition) is 2. The summed E-state index contributed by atoms with van der Waals surface area (Å²) in [7, 11) is 0. The standard InChI is InChI=1S/C14H8BrN3/c15-11-5-3-4-10(8-11)14-17-12(9-16)13-6-1-2-7-18(13)14/h1-8H. The lowest BCUT2D eigenvalue weighted by Gasteiger charge is -2.01. The van der Waals surface area contributed by atoms with Crippen molar-refractivity contribution in [2.75, 3.05) is 0 Å². The van der Waals surface area contributed by atoms with Crippen LogP contribution in [-0.2, 0) is 0 Å². The second-order valence-corrected chi connectivity index (χ2v) is 4.78. The lowest BCUT2D eigenvalue weighted by atomic mass is 10.2. The first-order valence-corrected chi connectivity index (χ1v) is 6.22. The molecule has 0 aliphatic heterocycles. The lowest BCUT2D eigenvalue weighted by molar-refractivity contribution is 1.16. The Balaban J connectivity index is 2.34. The molecule has 1 aromatic carbocycles. The molecular formula is C14H8BrN3. The van der Waals surface area contributed by atoms with Crippen LogP contribution in [0.4, 0.5) is 0 Å². The van der Waals surface area contributed by atoms with Crippen LogP contribution in [0.2, 0.25) is 0 Å². The van der Waals surface area contributed by atoms with E-state index in [0.717, 1.165) is 21.4 Å². The molecule has 0 amide bonds. The van der Waals surface area contributed by atoms with E-state index in [1.807, 2.05) is 53.1 Å². The van der Waals surface area contributed by atoms with Crippen LogP contribution in [0.25, 0.3) is 16.9 Å². The lowest BCUT2D eigenvalue weighted by Crippen LogP contribution is -1.88. The van der Waals surface area contributed by atoms with E-state index in [4.69, 9.17) is 5.26 Å². The number of aromatic nitrogens is 2. The van der Waals surface area contributed by atoms with Gasteiger partial charge in [-0.2, -0.15) is 5.26 Å². The summed E-state index contributed by atoms with van der Waals surface area (Å²) in [4.78, 5) is 4.40. The van der Waals surface area contributed by atoms with Gasteiger partial charge in [-0.25, -0.2) is 4.98 Å². The van der Waals surface area contributed by atoms with E-state index in [9.17, 15) is 0 Å². The zero-order valence-electron chi connectivity index (χ0n) is 9.34. The Bertz CT molecular complexity index is 768. The van der Waals surface area contributed by atoms with Gasteiger partial charge in [-0.05, 0) is 24.3 Å². The number of imidazole rings is 1. The van der Waals surface area contributed by atoms with Gasteiger partial charge in [0.1, 0.15) is 11.9 Å². The van der Waals surface area contributed by atoms with Crippen molar-refractivity contribution in [2.45, 2.75) is 0 Å². The van der Waals surface area contributed by atoms with Gasteiger partial charge in [0, 0.05) is 16.2 Å². The molecule has 0 spiro atoms. The summed E-state index contributed by atoms with van der Waals surface area (Å²) >= 11 is 3.45. The van der Waals surface area contributed by atoms with Gasteiger partial charge in [0.05, 0.1) is 5.52 Å². The minimum Gasteiger partial charge on any atom is -0.298 e. The van der Waals surface area contributed by atoms with Crippen molar-refractivity contribution in [3.63, 3.8) is 0 Å². The maximum Gasteiger partial charge on any atom is 0.166 e. The van der Waals surface area contributed by atoms with Crippen LogP contribution in [0.5, 0.6) is 0 Å². The molecule has 3 nitrogen and oxygen atoms in total. The molecule has 0 fully saturated rings. The third-order valence-electron chi connectivity index (χ3n) is 2.74. The molecule has 0 saturated heterocycles. The van der Waals surface area contributed by atoms with Gasteiger partial charge in [-0.3, -0.25) is 4.40 Å². The maximum absolute atomic E-state index is 9.12. The summed E-state index contributed by atoms with van der Waals surface area (Å²) in [5, 5.41) is 9.12. The molecule has 0 radical (unpaired) electrons. The summed E-state index contributed by atoms with van der Waals surface area (Å²) in [6.45, 7) is 0. The first-order valence-electron chi connectivity index (χ1n) is 5.43. The zero-order valence-corrected chi connectivity index (χ0v) is 10.9. The SMILES string of the molecule is N#Cc1nc(-c2cccc(Br)c2)n2ccccc12. The molecule has 2 heterocycles. The second-order valence-electron chi connectivity index (χ2n) is 3.86. The molecular weight excluding hydrogens is 290 g/mol. The first-order chi connectivity index (χ1) is 8.79. The molecule has 3 rings (SSSR count). The fourth-order valence-electron chi connectivity index (χ4n) is 1.95. The predicted octanol–water partition coefficient (Wildman–Crippen LogP) is 3.64. The van der Waals surface area contributed by atoms with E-state index in [1.165, 1.54) is 0 Å². The van der Waals surface area contributed by atoms with Crippen LogP contribution in [0.1, 0.15) is 5.69 Å². The largest absolute Gasteiger partial charge is 0.298 e. The van der Waals surface area contributed by atoms with Crippen molar-refractivity contribution in [2.24, 2.45) is 0 Å². The quantitative estimate of drug-likeness (QED) is 0.688. The molecule has 0 atom stereocenters. The highest BCUT2D eigenvalue weighted by Crippen LogP contribution is 2.24. The first kappa shape index (κ1) is 11.0. The highest BCUT2D eigenvalue weighted by Gasteiger charge is 2.11. The van der Waals surface area contributed by atoms with Crippen LogP contribution in [0.3, 0.4) is 0 Å². The molecule has 0 bridgehead atoms. The molecule has 0 saturated carbocycles. The van der Waals surface area contributed by atoms with Gasteiger partial charge in [0.15, 0.2) is 5.69 Å². The van der Waals surface area contributed by atoms with Gasteiger partial charge in [-0.1, -0.05) is 34.1 Å². The van der Waals surface area contributed by atoms with Crippen LogP contribution in [0.15, 0.2) is 53.1 Å². The highest BCUT2D eigenvalue weighted by atomic mass is 79.9. The number of fused-ring (bicyclic) bond motifs is 1. The molecule has 0 N–H and O–H groups in total. The Morgan fingerprint density at radius 1 is 1.17 bits per heavy atom. The number of nitrogens with zero attached hydrogens (tertiary/aromatic N) is 3. The van der Waals surface area contributed by atoms with Crippen LogP contribution in [0, 0.1) is 11.3 Å². The van der Waals surface area contributed by atoms with E-state index in [0.29, 0.717) is 5.69 Å². The molecule has 18 heavy (non-hydrogen) atoms. The van der Waals surface area contributed by atoms with Crippen LogP contribution < -0.4 is 0 Å². The van der Waals surface area contributed by atoms with Gasteiger partial charge in [-0.15, -0.1) is 0 Å². The van der Waals surface area contributed by atoms with Gasteiger partial charge < -0.3 is 0 Å². The van der Waals surface area contributed by atoms with Gasteiger partial charge in [0.2, 0.25) is 0 Å². The van der Waals surface area contributed by atoms with Crippen molar-refractivity contribution in [3.8, 4) is 17.5 Å². The van der Waals surface area contributed by atoms with Crippen molar-refractivity contribution in [1.29, 1.82) is 5.26 Å². The summed E-state index contributed by atoms with van der Waals surface area (Å²) in [5.41, 5.74) is 2.26. The number of hydrogen-bond donors (Lipinski definition) is 0. The van der Waals surface area contributed by atoms with Crippen molar-refractivity contribution in [3.05, 3.63) is 58.8 Å². The van der Waals surface area contributed by atoms with Gasteiger partial charge >= 0.3 is 0 Å². The van der Waals surface area contributed by atoms with E-state index >= 15 is 0 Å². The molecule has 4 heteroatoms. The van der Waals surface area contributed by atoms with E-state index in [-0.39, 0.29) is 0 Å². The van der Waals surface area contributed by atoms with Gasteiger partial charge in [0.25, 0.3) is 0 Å². The van der Waals surface area contributed by atoms with Crippen molar-refractivity contribution in [1.82, 2.24) is 9.38 Å². The fourth-order valence-corrected chi connectivity index (χ4v) is 2.35. The number of benzene rings is 1. The third-order valence-corrected chi connectivity index (χ3v) is 3.23. The third kappa shape index (κ3) is 1.69. The van der Waals surface area contributed by atoms with Crippen LogP contribution >= 0.6 is 15.9 Å². The zero-order chi connectivity index (χ0) is 12.5. The molecule has 3 aromatic rings. The Morgan fingerprint density at radius 2 is 2.06 bits per heavy atom.